The quantitative estimate of drug-likeness (QED) is 0.399. The second kappa shape index (κ2) is 10.7. The highest BCUT2D eigenvalue weighted by atomic mass is 16.6. The summed E-state index contributed by atoms with van der Waals surface area (Å²) in [6.45, 7) is 6.24. The van der Waals surface area contributed by atoms with Gasteiger partial charge in [-0.25, -0.2) is 0 Å². The zero-order chi connectivity index (χ0) is 23.9. The lowest BCUT2D eigenvalue weighted by Crippen LogP contribution is -2.70. The summed E-state index contributed by atoms with van der Waals surface area (Å²) in [5.74, 6) is -4.51. The second-order valence-corrected chi connectivity index (χ2v) is 7.10. The van der Waals surface area contributed by atoms with E-state index in [-0.39, 0.29) is 13.0 Å². The second-order valence-electron chi connectivity index (χ2n) is 7.10. The standard InChI is InChI=1S/C19H27NO11/c1-9(21)20-8-19(31-14(6)26)7-15(27-10(2)22)16(28-11(3)23)17(29-12(4)24)18(19)30-13(5)25/h15-18H,7-8H2,1-6H3,(H,20,21)/t15-,16-,17-,18+,19+/m0/s1. The Balaban J connectivity index is 3.68. The Hall–Kier alpha value is -3.18. The first-order chi connectivity index (χ1) is 14.3. The van der Waals surface area contributed by atoms with Crippen LogP contribution >= 0.6 is 0 Å². The predicted molar refractivity (Wildman–Crippen MR) is 100 cm³/mol. The van der Waals surface area contributed by atoms with Gasteiger partial charge in [0.2, 0.25) is 5.91 Å². The van der Waals surface area contributed by atoms with Crippen LogP contribution in [0, 0.1) is 0 Å². The van der Waals surface area contributed by atoms with Gasteiger partial charge in [0, 0.05) is 48.0 Å². The molecule has 1 aliphatic carbocycles. The van der Waals surface area contributed by atoms with Crippen LogP contribution in [0.25, 0.3) is 0 Å². The fraction of sp³-hybridized carbons (Fsp3) is 0.684. The Morgan fingerprint density at radius 2 is 1.19 bits per heavy atom. The molecule has 31 heavy (non-hydrogen) atoms. The lowest BCUT2D eigenvalue weighted by atomic mass is 9.76. The van der Waals surface area contributed by atoms with Gasteiger partial charge in [0.1, 0.15) is 6.10 Å². The minimum Gasteiger partial charge on any atom is -0.458 e. The molecule has 1 fully saturated rings. The molecule has 12 heteroatoms. The molecule has 0 unspecified atom stereocenters. The summed E-state index contributed by atoms with van der Waals surface area (Å²) in [7, 11) is 0. The Bertz CT molecular complexity index is 749. The average Bonchev–Trinajstić information content (AvgIpc) is 2.57. The summed E-state index contributed by atoms with van der Waals surface area (Å²) < 4.78 is 26.6. The summed E-state index contributed by atoms with van der Waals surface area (Å²) in [4.78, 5) is 70.6. The SMILES string of the molecule is CC(=O)NC[C@]1(OC(C)=O)C[C@H](OC(C)=O)[C@H](OC(C)=O)[C@H](OC(C)=O)[C@H]1OC(C)=O. The van der Waals surface area contributed by atoms with Gasteiger partial charge in [-0.2, -0.15) is 0 Å². The summed E-state index contributed by atoms with van der Waals surface area (Å²) in [6.07, 6.45) is -5.99. The maximum absolute atomic E-state index is 11.9. The van der Waals surface area contributed by atoms with Gasteiger partial charge in [-0.05, 0) is 0 Å². The molecule has 0 aromatic rings. The lowest BCUT2D eigenvalue weighted by molar-refractivity contribution is -0.253. The molecule has 1 amide bonds. The fourth-order valence-electron chi connectivity index (χ4n) is 3.46. The number of esters is 5. The Morgan fingerprint density at radius 3 is 1.61 bits per heavy atom. The smallest absolute Gasteiger partial charge is 0.303 e. The molecule has 12 nitrogen and oxygen atoms in total. The van der Waals surface area contributed by atoms with Crippen molar-refractivity contribution in [3.05, 3.63) is 0 Å². The van der Waals surface area contributed by atoms with Gasteiger partial charge < -0.3 is 29.0 Å². The number of ether oxygens (including phenoxy) is 5. The van der Waals surface area contributed by atoms with Crippen LogP contribution in [0.5, 0.6) is 0 Å². The van der Waals surface area contributed by atoms with E-state index in [4.69, 9.17) is 23.7 Å². The Kier molecular flexibility index (Phi) is 8.95. The Labute approximate surface area is 178 Å². The molecular formula is C19H27NO11. The maximum Gasteiger partial charge on any atom is 0.303 e. The molecule has 0 radical (unpaired) electrons. The number of rotatable bonds is 7. The van der Waals surface area contributed by atoms with Crippen molar-refractivity contribution in [2.24, 2.45) is 0 Å². The predicted octanol–water partition coefficient (Wildman–Crippen LogP) is -0.445. The highest BCUT2D eigenvalue weighted by Gasteiger charge is 2.61. The van der Waals surface area contributed by atoms with E-state index in [9.17, 15) is 28.8 Å². The van der Waals surface area contributed by atoms with Crippen molar-refractivity contribution in [2.75, 3.05) is 6.54 Å². The first kappa shape index (κ1) is 25.9. The minimum atomic E-state index is -1.81. The minimum absolute atomic E-state index is 0.333. The van der Waals surface area contributed by atoms with Crippen molar-refractivity contribution in [3.8, 4) is 0 Å². The van der Waals surface area contributed by atoms with E-state index >= 15 is 0 Å². The van der Waals surface area contributed by atoms with Crippen molar-refractivity contribution in [1.29, 1.82) is 0 Å². The first-order valence-electron chi connectivity index (χ1n) is 9.40. The van der Waals surface area contributed by atoms with Crippen LogP contribution in [0.3, 0.4) is 0 Å². The zero-order valence-electron chi connectivity index (χ0n) is 18.2. The van der Waals surface area contributed by atoms with Gasteiger partial charge in [0.15, 0.2) is 23.9 Å². The number of hydrogen-bond donors (Lipinski definition) is 1. The number of carbonyl (C=O) groups excluding carboxylic acids is 6. The molecule has 0 spiro atoms. The van der Waals surface area contributed by atoms with Crippen LogP contribution in [0.2, 0.25) is 0 Å². The molecular weight excluding hydrogens is 418 g/mol. The number of nitrogens with one attached hydrogen (secondary N) is 1. The van der Waals surface area contributed by atoms with Crippen LogP contribution in [-0.2, 0) is 52.5 Å². The van der Waals surface area contributed by atoms with Crippen molar-refractivity contribution in [1.82, 2.24) is 5.32 Å². The van der Waals surface area contributed by atoms with Gasteiger partial charge in [0.05, 0.1) is 6.54 Å². The van der Waals surface area contributed by atoms with E-state index in [1.165, 1.54) is 6.92 Å². The van der Waals surface area contributed by atoms with Crippen molar-refractivity contribution >= 4 is 35.8 Å². The number of hydrogen-bond acceptors (Lipinski definition) is 11. The molecule has 1 saturated carbocycles. The van der Waals surface area contributed by atoms with Crippen LogP contribution in [0.15, 0.2) is 0 Å². The van der Waals surface area contributed by atoms with Crippen molar-refractivity contribution in [3.63, 3.8) is 0 Å². The third kappa shape index (κ3) is 7.54. The number of carbonyl (C=O) groups is 6. The average molecular weight is 445 g/mol. The van der Waals surface area contributed by atoms with Crippen molar-refractivity contribution < 1.29 is 52.5 Å². The summed E-state index contributed by atoms with van der Waals surface area (Å²) in [6, 6.07) is 0. The molecule has 0 bridgehead atoms. The summed E-state index contributed by atoms with van der Waals surface area (Å²) >= 11 is 0. The van der Waals surface area contributed by atoms with E-state index in [0.29, 0.717) is 0 Å². The van der Waals surface area contributed by atoms with Crippen molar-refractivity contribution in [2.45, 2.75) is 78.0 Å². The summed E-state index contributed by atoms with van der Waals surface area (Å²) in [5.41, 5.74) is -1.81. The molecule has 1 N–H and O–H groups in total. The largest absolute Gasteiger partial charge is 0.458 e. The van der Waals surface area contributed by atoms with E-state index in [2.05, 4.69) is 5.32 Å². The summed E-state index contributed by atoms with van der Waals surface area (Å²) in [5, 5.41) is 2.47. The molecule has 5 atom stereocenters. The monoisotopic (exact) mass is 445 g/mol. The van der Waals surface area contributed by atoms with Gasteiger partial charge >= 0.3 is 29.8 Å². The third-order valence-corrected chi connectivity index (χ3v) is 4.25. The van der Waals surface area contributed by atoms with Crippen LogP contribution in [-0.4, -0.2) is 72.3 Å². The van der Waals surface area contributed by atoms with Gasteiger partial charge in [-0.15, -0.1) is 0 Å². The molecule has 0 aliphatic heterocycles. The normalized spacial score (nSPS) is 27.3. The zero-order valence-corrected chi connectivity index (χ0v) is 18.2. The van der Waals surface area contributed by atoms with Gasteiger partial charge in [0.25, 0.3) is 0 Å². The highest BCUT2D eigenvalue weighted by Crippen LogP contribution is 2.39. The first-order valence-corrected chi connectivity index (χ1v) is 9.40. The topological polar surface area (TPSA) is 161 Å². The molecule has 1 rings (SSSR count). The van der Waals surface area contributed by atoms with E-state index in [1.807, 2.05) is 0 Å². The van der Waals surface area contributed by atoms with E-state index < -0.39 is 65.8 Å². The van der Waals surface area contributed by atoms with Crippen LogP contribution in [0.4, 0.5) is 0 Å². The molecule has 1 aliphatic rings. The molecule has 0 heterocycles. The van der Waals surface area contributed by atoms with Gasteiger partial charge in [-0.3, -0.25) is 28.8 Å². The molecule has 0 aromatic carbocycles. The van der Waals surface area contributed by atoms with Crippen LogP contribution < -0.4 is 5.32 Å². The molecule has 0 aromatic heterocycles. The maximum atomic E-state index is 11.9. The van der Waals surface area contributed by atoms with Crippen LogP contribution in [0.1, 0.15) is 48.0 Å². The Morgan fingerprint density at radius 1 is 0.710 bits per heavy atom. The van der Waals surface area contributed by atoms with Gasteiger partial charge in [-0.1, -0.05) is 0 Å². The van der Waals surface area contributed by atoms with E-state index in [0.717, 1.165) is 34.6 Å². The fourth-order valence-corrected chi connectivity index (χ4v) is 3.46. The molecule has 174 valence electrons. The highest BCUT2D eigenvalue weighted by molar-refractivity contribution is 5.73. The lowest BCUT2D eigenvalue weighted by Gasteiger charge is -2.50. The van der Waals surface area contributed by atoms with E-state index in [1.54, 1.807) is 0 Å². The molecule has 0 saturated heterocycles. The third-order valence-electron chi connectivity index (χ3n) is 4.25. The number of amides is 1.